The molecule has 0 aliphatic heterocycles. The average Bonchev–Trinajstić information content (AvgIpc) is 2.80. The van der Waals surface area contributed by atoms with E-state index < -0.39 is 0 Å². The molecule has 2 N–H and O–H groups in total. The summed E-state index contributed by atoms with van der Waals surface area (Å²) in [7, 11) is 0. The topological polar surface area (TPSA) is 39.2 Å². The molecule has 2 unspecified atom stereocenters. The zero-order valence-corrected chi connectivity index (χ0v) is 12.2. The Labute approximate surface area is 119 Å². The Morgan fingerprint density at radius 2 is 2.15 bits per heavy atom. The van der Waals surface area contributed by atoms with E-state index >= 15 is 0 Å². The summed E-state index contributed by atoms with van der Waals surface area (Å²) in [5.74, 6) is 1.56. The maximum absolute atomic E-state index is 13.3. The van der Waals surface area contributed by atoms with Gasteiger partial charge in [-0.2, -0.15) is 0 Å². The van der Waals surface area contributed by atoms with Gasteiger partial charge in [0.25, 0.3) is 0 Å². The molecular weight excluding hydrogens is 253 g/mol. The van der Waals surface area contributed by atoms with E-state index in [2.05, 4.69) is 13.8 Å². The quantitative estimate of drug-likeness (QED) is 0.880. The lowest BCUT2D eigenvalue weighted by molar-refractivity contribution is 0.153. The van der Waals surface area contributed by atoms with Gasteiger partial charge in [-0.1, -0.05) is 13.8 Å². The van der Waals surface area contributed by atoms with Gasteiger partial charge in [0.05, 0.1) is 0 Å². The van der Waals surface area contributed by atoms with Crippen molar-refractivity contribution in [2.45, 2.75) is 39.0 Å². The zero-order valence-electron chi connectivity index (χ0n) is 12.2. The SMILES string of the molecule is CC1(C)CCC(CN)C(c2cc3cc(F)ccc3o2)C1. The monoisotopic (exact) mass is 275 g/mol. The molecule has 0 saturated heterocycles. The Morgan fingerprint density at radius 1 is 1.35 bits per heavy atom. The van der Waals surface area contributed by atoms with Crippen LogP contribution in [0.15, 0.2) is 28.7 Å². The molecule has 1 heterocycles. The van der Waals surface area contributed by atoms with Crippen molar-refractivity contribution >= 4 is 11.0 Å². The second-order valence-electron chi connectivity index (χ2n) is 6.84. The summed E-state index contributed by atoms with van der Waals surface area (Å²) < 4.78 is 19.3. The van der Waals surface area contributed by atoms with E-state index in [1.807, 2.05) is 6.07 Å². The van der Waals surface area contributed by atoms with Gasteiger partial charge in [0.1, 0.15) is 17.2 Å². The van der Waals surface area contributed by atoms with Gasteiger partial charge < -0.3 is 10.2 Å². The molecule has 3 rings (SSSR count). The van der Waals surface area contributed by atoms with Gasteiger partial charge in [-0.25, -0.2) is 4.39 Å². The van der Waals surface area contributed by atoms with Crippen molar-refractivity contribution in [3.8, 4) is 0 Å². The van der Waals surface area contributed by atoms with E-state index in [0.29, 0.717) is 23.8 Å². The highest BCUT2D eigenvalue weighted by atomic mass is 19.1. The third kappa shape index (κ3) is 2.47. The van der Waals surface area contributed by atoms with Gasteiger partial charge in [-0.3, -0.25) is 0 Å². The summed E-state index contributed by atoms with van der Waals surface area (Å²) in [5.41, 5.74) is 7.02. The number of benzene rings is 1. The molecule has 1 fully saturated rings. The molecular formula is C17H22FNO. The van der Waals surface area contributed by atoms with Crippen molar-refractivity contribution in [3.63, 3.8) is 0 Å². The first-order valence-corrected chi connectivity index (χ1v) is 7.37. The number of hydrogen-bond donors (Lipinski definition) is 1. The Balaban J connectivity index is 1.98. The van der Waals surface area contributed by atoms with E-state index in [0.717, 1.165) is 29.6 Å². The van der Waals surface area contributed by atoms with E-state index in [1.54, 1.807) is 6.07 Å². The summed E-state index contributed by atoms with van der Waals surface area (Å²) in [4.78, 5) is 0. The fraction of sp³-hybridized carbons (Fsp3) is 0.529. The fourth-order valence-electron chi connectivity index (χ4n) is 3.47. The molecule has 2 nitrogen and oxygen atoms in total. The van der Waals surface area contributed by atoms with Crippen molar-refractivity contribution in [2.24, 2.45) is 17.1 Å². The molecule has 1 aliphatic rings. The number of rotatable bonds is 2. The van der Waals surface area contributed by atoms with Crippen LogP contribution in [0.5, 0.6) is 0 Å². The average molecular weight is 275 g/mol. The minimum absolute atomic E-state index is 0.218. The van der Waals surface area contributed by atoms with Crippen LogP contribution in [0.25, 0.3) is 11.0 Å². The molecule has 1 aromatic carbocycles. The molecule has 1 saturated carbocycles. The van der Waals surface area contributed by atoms with Crippen LogP contribution >= 0.6 is 0 Å². The highest BCUT2D eigenvalue weighted by Crippen LogP contribution is 2.47. The number of furan rings is 1. The number of fused-ring (bicyclic) bond motifs is 1. The lowest BCUT2D eigenvalue weighted by Crippen LogP contribution is -2.32. The molecule has 108 valence electrons. The Hall–Kier alpha value is -1.35. The van der Waals surface area contributed by atoms with Crippen LogP contribution in [-0.2, 0) is 0 Å². The lowest BCUT2D eigenvalue weighted by Gasteiger charge is -2.39. The second kappa shape index (κ2) is 4.88. The predicted molar refractivity (Wildman–Crippen MR) is 79.1 cm³/mol. The van der Waals surface area contributed by atoms with Crippen LogP contribution < -0.4 is 5.73 Å². The highest BCUT2D eigenvalue weighted by molar-refractivity contribution is 5.78. The molecule has 0 radical (unpaired) electrons. The van der Waals surface area contributed by atoms with Crippen molar-refractivity contribution in [1.29, 1.82) is 0 Å². The highest BCUT2D eigenvalue weighted by Gasteiger charge is 2.36. The first-order chi connectivity index (χ1) is 9.48. The first kappa shape index (κ1) is 13.6. The van der Waals surface area contributed by atoms with E-state index in [1.165, 1.54) is 18.6 Å². The van der Waals surface area contributed by atoms with Gasteiger partial charge in [-0.05, 0) is 61.4 Å². The van der Waals surface area contributed by atoms with Crippen molar-refractivity contribution in [2.75, 3.05) is 6.54 Å². The minimum Gasteiger partial charge on any atom is -0.461 e. The lowest BCUT2D eigenvalue weighted by atomic mass is 9.66. The van der Waals surface area contributed by atoms with Crippen LogP contribution in [0.4, 0.5) is 4.39 Å². The molecule has 1 aromatic heterocycles. The van der Waals surface area contributed by atoms with Gasteiger partial charge in [0, 0.05) is 11.3 Å². The molecule has 2 aromatic rings. The molecule has 0 bridgehead atoms. The van der Waals surface area contributed by atoms with E-state index in [9.17, 15) is 4.39 Å². The maximum Gasteiger partial charge on any atom is 0.134 e. The normalized spacial score (nSPS) is 26.0. The van der Waals surface area contributed by atoms with E-state index in [4.69, 9.17) is 10.2 Å². The summed E-state index contributed by atoms with van der Waals surface area (Å²) in [6.45, 7) is 5.29. The molecule has 3 heteroatoms. The Bertz CT molecular complexity index is 616. The van der Waals surface area contributed by atoms with Gasteiger partial charge >= 0.3 is 0 Å². The molecule has 0 amide bonds. The van der Waals surface area contributed by atoms with Gasteiger partial charge in [-0.15, -0.1) is 0 Å². The smallest absolute Gasteiger partial charge is 0.134 e. The fourth-order valence-corrected chi connectivity index (χ4v) is 3.47. The van der Waals surface area contributed by atoms with Crippen LogP contribution in [0, 0.1) is 17.2 Å². The standard InChI is InChI=1S/C17H22FNO/c1-17(2)6-5-11(10-19)14(9-17)16-8-12-7-13(18)3-4-15(12)20-16/h3-4,7-8,11,14H,5-6,9-10,19H2,1-2H3. The molecule has 20 heavy (non-hydrogen) atoms. The maximum atomic E-state index is 13.3. The third-order valence-electron chi connectivity index (χ3n) is 4.70. The van der Waals surface area contributed by atoms with Crippen LogP contribution in [0.2, 0.25) is 0 Å². The first-order valence-electron chi connectivity index (χ1n) is 7.37. The van der Waals surface area contributed by atoms with Crippen molar-refractivity contribution in [3.05, 3.63) is 35.8 Å². The number of halogens is 1. The zero-order chi connectivity index (χ0) is 14.3. The Morgan fingerprint density at radius 3 is 2.90 bits per heavy atom. The summed E-state index contributed by atoms with van der Waals surface area (Å²) >= 11 is 0. The third-order valence-corrected chi connectivity index (χ3v) is 4.70. The summed E-state index contributed by atoms with van der Waals surface area (Å²) in [6, 6.07) is 6.68. The Kier molecular flexibility index (Phi) is 3.33. The van der Waals surface area contributed by atoms with Gasteiger partial charge in [0.2, 0.25) is 0 Å². The number of nitrogens with two attached hydrogens (primary N) is 1. The largest absolute Gasteiger partial charge is 0.461 e. The predicted octanol–water partition coefficient (Wildman–Crippen LogP) is 4.44. The van der Waals surface area contributed by atoms with Crippen molar-refractivity contribution < 1.29 is 8.81 Å². The van der Waals surface area contributed by atoms with Crippen LogP contribution in [-0.4, -0.2) is 6.54 Å². The second-order valence-corrected chi connectivity index (χ2v) is 6.84. The van der Waals surface area contributed by atoms with Gasteiger partial charge in [0.15, 0.2) is 0 Å². The van der Waals surface area contributed by atoms with Crippen molar-refractivity contribution in [1.82, 2.24) is 0 Å². The minimum atomic E-state index is -0.218. The number of hydrogen-bond acceptors (Lipinski definition) is 2. The van der Waals surface area contributed by atoms with Crippen LogP contribution in [0.3, 0.4) is 0 Å². The van der Waals surface area contributed by atoms with Crippen LogP contribution in [0.1, 0.15) is 44.8 Å². The molecule has 0 spiro atoms. The summed E-state index contributed by atoms with van der Waals surface area (Å²) in [5, 5.41) is 0.846. The van der Waals surface area contributed by atoms with E-state index in [-0.39, 0.29) is 5.82 Å². The summed E-state index contributed by atoms with van der Waals surface area (Å²) in [6.07, 6.45) is 3.43. The molecule has 1 aliphatic carbocycles. The molecule has 2 atom stereocenters.